The molecule has 2 amide bonds. The van der Waals surface area contributed by atoms with Crippen LogP contribution in [0.2, 0.25) is 0 Å². The summed E-state index contributed by atoms with van der Waals surface area (Å²) in [6, 6.07) is 13.8. The second kappa shape index (κ2) is 5.41. The third-order valence-electron chi connectivity index (χ3n) is 3.65. The van der Waals surface area contributed by atoms with Gasteiger partial charge in [-0.1, -0.05) is 24.3 Å². The van der Waals surface area contributed by atoms with Gasteiger partial charge in [0.05, 0.1) is 12.2 Å². The monoisotopic (exact) mass is 345 g/mol. The Kier molecular flexibility index (Phi) is 3.59. The lowest BCUT2D eigenvalue weighted by Crippen LogP contribution is -2.44. The Morgan fingerprint density at radius 1 is 1.24 bits per heavy atom. The zero-order chi connectivity index (χ0) is 15.0. The maximum atomic E-state index is 12.5. The molecule has 0 spiro atoms. The number of carbonyl (C=O) groups is 1. The molecule has 2 N–H and O–H groups in total. The molecule has 3 rings (SSSR count). The molecule has 0 bridgehead atoms. The van der Waals surface area contributed by atoms with Crippen molar-refractivity contribution < 1.29 is 4.79 Å². The predicted octanol–water partition coefficient (Wildman–Crippen LogP) is 3.60. The van der Waals surface area contributed by atoms with E-state index in [1.54, 1.807) is 9.80 Å². The van der Waals surface area contributed by atoms with Crippen LogP contribution < -0.4 is 10.6 Å². The van der Waals surface area contributed by atoms with E-state index in [1.165, 1.54) is 0 Å². The summed E-state index contributed by atoms with van der Waals surface area (Å²) >= 11 is 3.39. The molecular formula is C16H16BrN3O. The normalized spacial score (nSPS) is 14.3. The van der Waals surface area contributed by atoms with Crippen molar-refractivity contribution in [3.05, 3.63) is 58.1 Å². The molecule has 0 unspecified atom stereocenters. The second-order valence-corrected chi connectivity index (χ2v) is 6.06. The Labute approximate surface area is 132 Å². The molecule has 1 heterocycles. The van der Waals surface area contributed by atoms with Crippen LogP contribution in [0.4, 0.5) is 16.2 Å². The van der Waals surface area contributed by atoms with E-state index in [4.69, 9.17) is 5.73 Å². The summed E-state index contributed by atoms with van der Waals surface area (Å²) in [5.74, 6) is 0. The number of nitrogen functional groups attached to an aromatic ring is 1. The van der Waals surface area contributed by atoms with E-state index in [2.05, 4.69) is 22.0 Å². The maximum Gasteiger partial charge on any atom is 0.324 e. The van der Waals surface area contributed by atoms with Crippen LogP contribution in [0.1, 0.15) is 11.1 Å². The first-order valence-electron chi connectivity index (χ1n) is 6.70. The van der Waals surface area contributed by atoms with E-state index < -0.39 is 0 Å². The minimum atomic E-state index is 0.00944. The molecule has 108 valence electrons. The van der Waals surface area contributed by atoms with E-state index in [0.29, 0.717) is 18.8 Å². The van der Waals surface area contributed by atoms with Gasteiger partial charge in [-0.25, -0.2) is 4.79 Å². The van der Waals surface area contributed by atoms with Crippen molar-refractivity contribution in [2.24, 2.45) is 0 Å². The van der Waals surface area contributed by atoms with Crippen LogP contribution in [-0.4, -0.2) is 18.0 Å². The smallest absolute Gasteiger partial charge is 0.324 e. The number of para-hydroxylation sites is 1. The van der Waals surface area contributed by atoms with Gasteiger partial charge in [0.15, 0.2) is 0 Å². The van der Waals surface area contributed by atoms with Crippen molar-refractivity contribution in [1.29, 1.82) is 0 Å². The van der Waals surface area contributed by atoms with E-state index >= 15 is 0 Å². The first-order valence-corrected chi connectivity index (χ1v) is 7.50. The van der Waals surface area contributed by atoms with Gasteiger partial charge in [-0.15, -0.1) is 0 Å². The Bertz CT molecular complexity index is 702. The van der Waals surface area contributed by atoms with Gasteiger partial charge in [0, 0.05) is 23.8 Å². The third kappa shape index (κ3) is 2.61. The summed E-state index contributed by atoms with van der Waals surface area (Å²) in [7, 11) is 1.82. The maximum absolute atomic E-state index is 12.5. The third-order valence-corrected chi connectivity index (χ3v) is 4.37. The number of nitrogens with zero attached hydrogens (tertiary/aromatic N) is 2. The van der Waals surface area contributed by atoms with Gasteiger partial charge in [-0.3, -0.25) is 4.90 Å². The number of anilines is 2. The van der Waals surface area contributed by atoms with Crippen LogP contribution in [0, 0.1) is 0 Å². The predicted molar refractivity (Wildman–Crippen MR) is 88.0 cm³/mol. The van der Waals surface area contributed by atoms with Crippen LogP contribution >= 0.6 is 15.9 Å². The molecule has 0 fully saturated rings. The lowest BCUT2D eigenvalue weighted by atomic mass is 10.1. The standard InChI is InChI=1S/C16H16BrN3O/c1-19-10-12-4-2-3-5-15(12)20(16(19)21)9-11-6-7-13(17)14(18)8-11/h2-8H,9-10,18H2,1H3. The molecule has 0 atom stereocenters. The molecule has 1 aliphatic heterocycles. The minimum Gasteiger partial charge on any atom is -0.398 e. The van der Waals surface area contributed by atoms with Crippen molar-refractivity contribution in [3.8, 4) is 0 Å². The Balaban J connectivity index is 1.96. The number of hydrogen-bond acceptors (Lipinski definition) is 2. The highest BCUT2D eigenvalue weighted by atomic mass is 79.9. The van der Waals surface area contributed by atoms with Crippen molar-refractivity contribution in [2.45, 2.75) is 13.1 Å². The molecule has 1 aliphatic rings. The van der Waals surface area contributed by atoms with Crippen LogP contribution in [0.15, 0.2) is 46.9 Å². The fourth-order valence-corrected chi connectivity index (χ4v) is 2.81. The van der Waals surface area contributed by atoms with Gasteiger partial charge in [0.25, 0.3) is 0 Å². The summed E-state index contributed by atoms with van der Waals surface area (Å²) in [5, 5.41) is 0. The zero-order valence-corrected chi connectivity index (χ0v) is 13.3. The number of halogens is 1. The van der Waals surface area contributed by atoms with E-state index in [1.807, 2.05) is 43.4 Å². The first kappa shape index (κ1) is 13.9. The molecule has 0 radical (unpaired) electrons. The Hall–Kier alpha value is -2.01. The largest absolute Gasteiger partial charge is 0.398 e. The summed E-state index contributed by atoms with van der Waals surface area (Å²) < 4.78 is 0.869. The van der Waals surface area contributed by atoms with Crippen molar-refractivity contribution in [2.75, 3.05) is 17.7 Å². The van der Waals surface area contributed by atoms with Gasteiger partial charge < -0.3 is 10.6 Å². The number of fused-ring (bicyclic) bond motifs is 1. The summed E-state index contributed by atoms with van der Waals surface area (Å²) in [5.41, 5.74) is 9.74. The number of amides is 2. The highest BCUT2D eigenvalue weighted by molar-refractivity contribution is 9.10. The second-order valence-electron chi connectivity index (χ2n) is 5.21. The lowest BCUT2D eigenvalue weighted by Gasteiger charge is -2.35. The Morgan fingerprint density at radius 3 is 2.76 bits per heavy atom. The molecular weight excluding hydrogens is 330 g/mol. The average Bonchev–Trinajstić information content (AvgIpc) is 2.47. The molecule has 21 heavy (non-hydrogen) atoms. The lowest BCUT2D eigenvalue weighted by molar-refractivity contribution is 0.210. The molecule has 4 nitrogen and oxygen atoms in total. The fraction of sp³-hybridized carbons (Fsp3) is 0.188. The van der Waals surface area contributed by atoms with Gasteiger partial charge in [0.2, 0.25) is 0 Å². The van der Waals surface area contributed by atoms with E-state index in [9.17, 15) is 4.79 Å². The number of urea groups is 1. The summed E-state index contributed by atoms with van der Waals surface area (Å²) in [6.07, 6.45) is 0. The van der Waals surface area contributed by atoms with Gasteiger partial charge in [-0.05, 0) is 45.3 Å². The summed E-state index contributed by atoms with van der Waals surface area (Å²) in [6.45, 7) is 1.16. The van der Waals surface area contributed by atoms with Crippen LogP contribution in [0.5, 0.6) is 0 Å². The first-order chi connectivity index (χ1) is 10.1. The topological polar surface area (TPSA) is 49.6 Å². The molecule has 5 heteroatoms. The highest BCUT2D eigenvalue weighted by Gasteiger charge is 2.27. The fourth-order valence-electron chi connectivity index (χ4n) is 2.57. The molecule has 0 aliphatic carbocycles. The number of rotatable bonds is 2. The van der Waals surface area contributed by atoms with Crippen LogP contribution in [-0.2, 0) is 13.1 Å². The number of benzene rings is 2. The zero-order valence-electron chi connectivity index (χ0n) is 11.7. The number of carbonyl (C=O) groups excluding carboxylic acids is 1. The molecule has 0 saturated heterocycles. The van der Waals surface area contributed by atoms with Gasteiger partial charge in [0.1, 0.15) is 0 Å². The quantitative estimate of drug-likeness (QED) is 0.845. The molecule has 0 aromatic heterocycles. The average molecular weight is 346 g/mol. The van der Waals surface area contributed by atoms with Gasteiger partial charge >= 0.3 is 6.03 Å². The number of hydrogen-bond donors (Lipinski definition) is 1. The van der Waals surface area contributed by atoms with Crippen molar-refractivity contribution >= 4 is 33.3 Å². The minimum absolute atomic E-state index is 0.00944. The SMILES string of the molecule is CN1Cc2ccccc2N(Cc2ccc(Br)c(N)c2)C1=O. The van der Waals surface area contributed by atoms with Crippen LogP contribution in [0.25, 0.3) is 0 Å². The molecule has 0 saturated carbocycles. The molecule has 2 aromatic carbocycles. The highest BCUT2D eigenvalue weighted by Crippen LogP contribution is 2.30. The van der Waals surface area contributed by atoms with Crippen molar-refractivity contribution in [1.82, 2.24) is 4.90 Å². The Morgan fingerprint density at radius 2 is 2.00 bits per heavy atom. The van der Waals surface area contributed by atoms with E-state index in [-0.39, 0.29) is 6.03 Å². The number of nitrogens with two attached hydrogens (primary N) is 1. The van der Waals surface area contributed by atoms with Crippen LogP contribution in [0.3, 0.4) is 0 Å². The summed E-state index contributed by atoms with van der Waals surface area (Å²) in [4.78, 5) is 16.0. The van der Waals surface area contributed by atoms with Gasteiger partial charge in [-0.2, -0.15) is 0 Å². The van der Waals surface area contributed by atoms with E-state index in [0.717, 1.165) is 21.3 Å². The van der Waals surface area contributed by atoms with Crippen molar-refractivity contribution in [3.63, 3.8) is 0 Å². The molecule has 2 aromatic rings.